The van der Waals surface area contributed by atoms with Crippen LogP contribution in [0.4, 0.5) is 5.69 Å². The van der Waals surface area contributed by atoms with Crippen molar-refractivity contribution >= 4 is 40.4 Å². The van der Waals surface area contributed by atoms with E-state index < -0.39 is 10.8 Å². The summed E-state index contributed by atoms with van der Waals surface area (Å²) < 4.78 is 0. The number of nitrogens with zero attached hydrogens (tertiary/aromatic N) is 1. The fraction of sp³-hybridized carbons (Fsp3) is 0.368. The summed E-state index contributed by atoms with van der Waals surface area (Å²) in [5, 5.41) is 18.3. The summed E-state index contributed by atoms with van der Waals surface area (Å²) in [4.78, 5) is 36.0. The molecular weight excluding hydrogens is 402 g/mol. The highest BCUT2D eigenvalue weighted by Crippen LogP contribution is 2.42. The first-order chi connectivity index (χ1) is 13.4. The molecule has 3 rings (SSSR count). The van der Waals surface area contributed by atoms with Gasteiger partial charge in [0.2, 0.25) is 5.91 Å². The van der Waals surface area contributed by atoms with Crippen LogP contribution in [0.1, 0.15) is 40.9 Å². The highest BCUT2D eigenvalue weighted by Gasteiger charge is 2.36. The average molecular weight is 422 g/mol. The van der Waals surface area contributed by atoms with E-state index in [4.69, 9.17) is 11.6 Å². The second-order valence-corrected chi connectivity index (χ2v) is 8.20. The van der Waals surface area contributed by atoms with E-state index in [1.165, 1.54) is 17.0 Å². The monoisotopic (exact) mass is 421 g/mol. The molecule has 1 heterocycles. The van der Waals surface area contributed by atoms with Gasteiger partial charge in [-0.15, -0.1) is 11.3 Å². The maximum Gasteiger partial charge on any atom is 0.288 e. The highest BCUT2D eigenvalue weighted by molar-refractivity contribution is 7.10. The molecule has 1 saturated carbocycles. The fourth-order valence-corrected chi connectivity index (χ4v) is 4.70. The van der Waals surface area contributed by atoms with Crippen LogP contribution in [0.25, 0.3) is 0 Å². The molecule has 0 saturated heterocycles. The smallest absolute Gasteiger partial charge is 0.288 e. The molecule has 9 heteroatoms. The van der Waals surface area contributed by atoms with Gasteiger partial charge in [-0.2, -0.15) is 0 Å². The maximum absolute atomic E-state index is 12.2. The van der Waals surface area contributed by atoms with Crippen LogP contribution in [0, 0.1) is 10.1 Å². The van der Waals surface area contributed by atoms with E-state index in [1.54, 1.807) is 11.3 Å². The number of hydrogen-bond donors (Lipinski definition) is 2. The molecule has 148 valence electrons. The first kappa shape index (κ1) is 20.3. The second-order valence-electron chi connectivity index (χ2n) is 6.85. The van der Waals surface area contributed by atoms with Crippen molar-refractivity contribution in [3.05, 3.63) is 61.3 Å². The molecule has 1 aliphatic rings. The molecule has 0 radical (unpaired) electrons. The van der Waals surface area contributed by atoms with E-state index in [-0.39, 0.29) is 34.1 Å². The van der Waals surface area contributed by atoms with Gasteiger partial charge in [0, 0.05) is 28.5 Å². The van der Waals surface area contributed by atoms with E-state index >= 15 is 0 Å². The van der Waals surface area contributed by atoms with Crippen molar-refractivity contribution in [2.75, 3.05) is 13.1 Å². The lowest BCUT2D eigenvalue weighted by atomic mass is 9.84. The Balaban J connectivity index is 1.55. The number of carbonyl (C=O) groups is 2. The Bertz CT molecular complexity index is 879. The summed E-state index contributed by atoms with van der Waals surface area (Å²) in [7, 11) is 0. The van der Waals surface area contributed by atoms with Gasteiger partial charge in [0.25, 0.3) is 11.6 Å². The number of hydrogen-bond acceptors (Lipinski definition) is 5. The third kappa shape index (κ3) is 4.51. The zero-order valence-corrected chi connectivity index (χ0v) is 16.6. The van der Waals surface area contributed by atoms with E-state index in [1.807, 2.05) is 11.4 Å². The Kier molecular flexibility index (Phi) is 6.31. The van der Waals surface area contributed by atoms with Crippen molar-refractivity contribution in [1.29, 1.82) is 0 Å². The molecule has 2 aromatic rings. The van der Waals surface area contributed by atoms with Gasteiger partial charge in [0.1, 0.15) is 5.02 Å². The minimum Gasteiger partial charge on any atom is -0.354 e. The van der Waals surface area contributed by atoms with Crippen LogP contribution < -0.4 is 10.6 Å². The number of amides is 2. The molecule has 2 amide bonds. The van der Waals surface area contributed by atoms with Gasteiger partial charge in [0.05, 0.1) is 11.5 Å². The van der Waals surface area contributed by atoms with Crippen LogP contribution in [0.15, 0.2) is 35.7 Å². The van der Waals surface area contributed by atoms with Crippen LogP contribution in [-0.4, -0.2) is 29.8 Å². The summed E-state index contributed by atoms with van der Waals surface area (Å²) in [6.45, 7) is 0.338. The first-order valence-corrected chi connectivity index (χ1v) is 10.2. The molecule has 0 atom stereocenters. The van der Waals surface area contributed by atoms with Crippen LogP contribution in [0.3, 0.4) is 0 Å². The Morgan fingerprint density at radius 2 is 1.96 bits per heavy atom. The van der Waals surface area contributed by atoms with Gasteiger partial charge < -0.3 is 10.6 Å². The van der Waals surface area contributed by atoms with E-state index in [0.29, 0.717) is 6.54 Å². The third-order valence-electron chi connectivity index (χ3n) is 5.04. The number of benzene rings is 1. The third-order valence-corrected chi connectivity index (χ3v) is 6.48. The molecule has 7 nitrogen and oxygen atoms in total. The summed E-state index contributed by atoms with van der Waals surface area (Å²) >= 11 is 7.45. The Labute approximate surface area is 171 Å². The minimum atomic E-state index is -0.655. The number of halogens is 1. The number of nitrogens with one attached hydrogen (secondary N) is 2. The van der Waals surface area contributed by atoms with Crippen molar-refractivity contribution in [2.24, 2.45) is 0 Å². The molecule has 0 aliphatic heterocycles. The van der Waals surface area contributed by atoms with Gasteiger partial charge in [0.15, 0.2) is 0 Å². The van der Waals surface area contributed by atoms with E-state index in [0.717, 1.165) is 31.7 Å². The predicted octanol–water partition coefficient (Wildman–Crippen LogP) is 3.67. The molecule has 1 aliphatic carbocycles. The molecule has 1 aromatic carbocycles. The van der Waals surface area contributed by atoms with Gasteiger partial charge in [-0.1, -0.05) is 30.5 Å². The van der Waals surface area contributed by atoms with Gasteiger partial charge in [-0.3, -0.25) is 19.7 Å². The number of rotatable bonds is 7. The largest absolute Gasteiger partial charge is 0.354 e. The van der Waals surface area contributed by atoms with Crippen molar-refractivity contribution in [2.45, 2.75) is 31.1 Å². The van der Waals surface area contributed by atoms with Crippen molar-refractivity contribution in [3.8, 4) is 0 Å². The topological polar surface area (TPSA) is 101 Å². The van der Waals surface area contributed by atoms with Gasteiger partial charge in [-0.25, -0.2) is 0 Å². The molecule has 2 N–H and O–H groups in total. The van der Waals surface area contributed by atoms with Crippen LogP contribution >= 0.6 is 22.9 Å². The summed E-state index contributed by atoms with van der Waals surface area (Å²) in [6, 6.07) is 7.90. The van der Waals surface area contributed by atoms with E-state index in [2.05, 4.69) is 16.7 Å². The van der Waals surface area contributed by atoms with Crippen LogP contribution in [-0.2, 0) is 10.2 Å². The van der Waals surface area contributed by atoms with Crippen LogP contribution in [0.2, 0.25) is 5.02 Å². The molecule has 1 fully saturated rings. The molecule has 0 unspecified atom stereocenters. The van der Waals surface area contributed by atoms with Gasteiger partial charge >= 0.3 is 0 Å². The lowest BCUT2D eigenvalue weighted by molar-refractivity contribution is -0.384. The SMILES string of the molecule is O=C(CNC(=O)c1ccc(Cl)c([N+](=O)[O-])c1)NCC1(c2cccs2)CCCC1. The normalized spacial score (nSPS) is 15.2. The molecule has 1 aromatic heterocycles. The number of thiophene rings is 1. The zero-order valence-electron chi connectivity index (χ0n) is 15.1. The summed E-state index contributed by atoms with van der Waals surface area (Å²) in [5.74, 6) is -0.858. The zero-order chi connectivity index (χ0) is 20.1. The number of nitro benzene ring substituents is 1. The molecule has 28 heavy (non-hydrogen) atoms. The highest BCUT2D eigenvalue weighted by atomic mass is 35.5. The standard InChI is InChI=1S/C19H20ClN3O4S/c20-14-6-5-13(10-15(14)23(26)27)18(25)21-11-17(24)22-12-19(7-1-2-8-19)16-4-3-9-28-16/h3-6,9-10H,1-2,7-8,11-12H2,(H,21,25)(H,22,24). The van der Waals surface area contributed by atoms with Crippen molar-refractivity contribution < 1.29 is 14.5 Å². The molecule has 0 spiro atoms. The Hall–Kier alpha value is -2.45. The maximum atomic E-state index is 12.2. The lowest BCUT2D eigenvalue weighted by Crippen LogP contribution is -2.43. The second kappa shape index (κ2) is 8.70. The Morgan fingerprint density at radius 1 is 1.21 bits per heavy atom. The van der Waals surface area contributed by atoms with Crippen molar-refractivity contribution in [1.82, 2.24) is 10.6 Å². The first-order valence-electron chi connectivity index (χ1n) is 8.94. The van der Waals surface area contributed by atoms with Crippen LogP contribution in [0.5, 0.6) is 0 Å². The lowest BCUT2D eigenvalue weighted by Gasteiger charge is -2.28. The minimum absolute atomic E-state index is 0.0232. The fourth-order valence-electron chi connectivity index (χ4n) is 3.53. The predicted molar refractivity (Wildman–Crippen MR) is 108 cm³/mol. The summed E-state index contributed by atoms with van der Waals surface area (Å²) in [6.07, 6.45) is 4.35. The number of carbonyl (C=O) groups excluding carboxylic acids is 2. The van der Waals surface area contributed by atoms with Crippen molar-refractivity contribution in [3.63, 3.8) is 0 Å². The quantitative estimate of drug-likeness (QED) is 0.526. The molecule has 0 bridgehead atoms. The average Bonchev–Trinajstić information content (AvgIpc) is 3.37. The van der Waals surface area contributed by atoms with E-state index in [9.17, 15) is 19.7 Å². The molecular formula is C19H20ClN3O4S. The Morgan fingerprint density at radius 3 is 2.61 bits per heavy atom. The number of nitro groups is 1. The van der Waals surface area contributed by atoms with Gasteiger partial charge in [-0.05, 0) is 36.4 Å². The summed E-state index contributed by atoms with van der Waals surface area (Å²) in [5.41, 5.74) is -0.294.